The minimum atomic E-state index is -0.636. The van der Waals surface area contributed by atoms with E-state index < -0.39 is 6.04 Å². The number of nitrogens with one attached hydrogen (secondary N) is 1. The van der Waals surface area contributed by atoms with Crippen LogP contribution in [0.25, 0.3) is 0 Å². The predicted molar refractivity (Wildman–Crippen MR) is 106 cm³/mol. The molecule has 3 N–H and O–H groups in total. The number of aryl methyl sites for hydroxylation is 1. The van der Waals surface area contributed by atoms with E-state index in [1.165, 1.54) is 11.1 Å². The third-order valence-corrected chi connectivity index (χ3v) is 4.83. The number of carbonyl (C=O) groups is 1. The quantitative estimate of drug-likeness (QED) is 0.838. The van der Waals surface area contributed by atoms with Gasteiger partial charge in [-0.15, -0.1) is 12.4 Å². The van der Waals surface area contributed by atoms with Gasteiger partial charge >= 0.3 is 0 Å². The Morgan fingerprint density at radius 1 is 1.19 bits per heavy atom. The van der Waals surface area contributed by atoms with Crippen LogP contribution in [0.1, 0.15) is 41.7 Å². The molecule has 1 aliphatic heterocycles. The van der Waals surface area contributed by atoms with Gasteiger partial charge in [-0.05, 0) is 30.9 Å². The average Bonchev–Trinajstić information content (AvgIpc) is 2.67. The second-order valence-corrected chi connectivity index (χ2v) is 6.74. The number of nitrogens with two attached hydrogens (primary N) is 1. The second-order valence-electron chi connectivity index (χ2n) is 6.74. The Balaban J connectivity index is 0.00000243. The Morgan fingerprint density at radius 2 is 1.88 bits per heavy atom. The molecule has 4 nitrogen and oxygen atoms in total. The van der Waals surface area contributed by atoms with E-state index in [4.69, 9.17) is 10.5 Å². The Morgan fingerprint density at radius 3 is 2.58 bits per heavy atom. The summed E-state index contributed by atoms with van der Waals surface area (Å²) in [6, 6.07) is 17.3. The lowest BCUT2D eigenvalue weighted by molar-refractivity contribution is -0.123. The summed E-state index contributed by atoms with van der Waals surface area (Å²) in [6.07, 6.45) is 2.09. The highest BCUT2D eigenvalue weighted by Crippen LogP contribution is 2.33. The fourth-order valence-electron chi connectivity index (χ4n) is 3.33. The smallest absolute Gasteiger partial charge is 0.241 e. The van der Waals surface area contributed by atoms with E-state index in [1.807, 2.05) is 30.3 Å². The van der Waals surface area contributed by atoms with E-state index in [1.54, 1.807) is 0 Å². The van der Waals surface area contributed by atoms with Crippen molar-refractivity contribution < 1.29 is 9.53 Å². The van der Waals surface area contributed by atoms with Gasteiger partial charge in [0.1, 0.15) is 6.04 Å². The maximum Gasteiger partial charge on any atom is 0.241 e. The van der Waals surface area contributed by atoms with E-state index in [-0.39, 0.29) is 30.3 Å². The third kappa shape index (κ3) is 5.07. The molecule has 2 aromatic carbocycles. The van der Waals surface area contributed by atoms with Crippen LogP contribution in [0.15, 0.2) is 54.6 Å². The third-order valence-electron chi connectivity index (χ3n) is 4.83. The first kappa shape index (κ1) is 20.4. The summed E-state index contributed by atoms with van der Waals surface area (Å²) in [5, 5.41) is 3.02. The first-order chi connectivity index (χ1) is 12.1. The summed E-state index contributed by atoms with van der Waals surface area (Å²) in [4.78, 5) is 12.4. The highest BCUT2D eigenvalue weighted by atomic mass is 35.5. The van der Waals surface area contributed by atoms with Crippen LogP contribution >= 0.6 is 12.4 Å². The molecule has 26 heavy (non-hydrogen) atoms. The molecule has 1 fully saturated rings. The molecule has 3 rings (SSSR count). The van der Waals surface area contributed by atoms with Gasteiger partial charge in [-0.1, -0.05) is 60.2 Å². The summed E-state index contributed by atoms with van der Waals surface area (Å²) in [7, 11) is 0. The Kier molecular flexibility index (Phi) is 7.64. The molecule has 1 heterocycles. The lowest BCUT2D eigenvalue weighted by Crippen LogP contribution is -2.39. The van der Waals surface area contributed by atoms with Crippen molar-refractivity contribution in [2.45, 2.75) is 31.9 Å². The van der Waals surface area contributed by atoms with Crippen molar-refractivity contribution in [3.8, 4) is 0 Å². The molecule has 0 radical (unpaired) electrons. The van der Waals surface area contributed by atoms with Crippen molar-refractivity contribution in [1.82, 2.24) is 5.32 Å². The van der Waals surface area contributed by atoms with Gasteiger partial charge in [-0.3, -0.25) is 4.79 Å². The Hall–Kier alpha value is -1.88. The molecular weight excluding hydrogens is 348 g/mol. The van der Waals surface area contributed by atoms with E-state index in [9.17, 15) is 4.79 Å². The van der Waals surface area contributed by atoms with Crippen molar-refractivity contribution in [1.29, 1.82) is 0 Å². The van der Waals surface area contributed by atoms with Gasteiger partial charge in [0.05, 0.1) is 6.10 Å². The molecule has 0 aliphatic carbocycles. The number of carbonyl (C=O) groups excluding carboxylic acids is 1. The lowest BCUT2D eigenvalue weighted by atomic mass is 9.89. The standard InChI is InChI=1S/C21H26N2O2.ClH/c1-15-9-11-17(12-10-15)20-18(8-5-13-25-20)14-23-21(24)19(22)16-6-3-2-4-7-16;/h2-4,6-7,9-12,18-20H,5,8,13-14,22H2,1H3,(H,23,24);1H. The highest BCUT2D eigenvalue weighted by molar-refractivity contribution is 5.85. The largest absolute Gasteiger partial charge is 0.373 e. The first-order valence-corrected chi connectivity index (χ1v) is 8.91. The van der Waals surface area contributed by atoms with E-state index in [0.717, 1.165) is 25.0 Å². The lowest BCUT2D eigenvalue weighted by Gasteiger charge is -2.32. The normalized spacial score (nSPS) is 20.7. The number of hydrogen-bond acceptors (Lipinski definition) is 3. The Labute approximate surface area is 161 Å². The fraction of sp³-hybridized carbons (Fsp3) is 0.381. The summed E-state index contributed by atoms with van der Waals surface area (Å²) < 4.78 is 6.01. The summed E-state index contributed by atoms with van der Waals surface area (Å²) in [6.45, 7) is 3.43. The Bertz CT molecular complexity index is 691. The molecule has 3 atom stereocenters. The van der Waals surface area contributed by atoms with Crippen molar-refractivity contribution in [2.75, 3.05) is 13.2 Å². The van der Waals surface area contributed by atoms with Gasteiger partial charge in [-0.2, -0.15) is 0 Å². The average molecular weight is 375 g/mol. The zero-order valence-electron chi connectivity index (χ0n) is 15.1. The summed E-state index contributed by atoms with van der Waals surface area (Å²) >= 11 is 0. The molecule has 5 heteroatoms. The number of rotatable bonds is 5. The van der Waals surface area contributed by atoms with Crippen molar-refractivity contribution in [2.24, 2.45) is 11.7 Å². The first-order valence-electron chi connectivity index (χ1n) is 8.91. The minimum absolute atomic E-state index is 0. The van der Waals surface area contributed by atoms with Crippen LogP contribution in [-0.2, 0) is 9.53 Å². The van der Waals surface area contributed by atoms with Crippen LogP contribution in [0.4, 0.5) is 0 Å². The molecule has 0 bridgehead atoms. The summed E-state index contributed by atoms with van der Waals surface area (Å²) in [5.41, 5.74) is 9.31. The molecule has 1 aliphatic rings. The van der Waals surface area contributed by atoms with Crippen molar-refractivity contribution >= 4 is 18.3 Å². The highest BCUT2D eigenvalue weighted by Gasteiger charge is 2.28. The molecular formula is C21H27ClN2O2. The zero-order chi connectivity index (χ0) is 17.6. The number of halogens is 1. The van der Waals surface area contributed by atoms with Gasteiger partial charge < -0.3 is 15.8 Å². The van der Waals surface area contributed by atoms with Crippen LogP contribution in [0.3, 0.4) is 0 Å². The maximum atomic E-state index is 12.4. The van der Waals surface area contributed by atoms with Gasteiger partial charge in [0, 0.05) is 19.1 Å². The fourth-order valence-corrected chi connectivity index (χ4v) is 3.33. The molecule has 0 saturated carbocycles. The number of hydrogen-bond donors (Lipinski definition) is 2. The topological polar surface area (TPSA) is 64.3 Å². The van der Waals surface area contributed by atoms with Crippen LogP contribution in [-0.4, -0.2) is 19.1 Å². The van der Waals surface area contributed by atoms with E-state index in [0.29, 0.717) is 6.54 Å². The molecule has 0 aromatic heterocycles. The number of ether oxygens (including phenoxy) is 1. The predicted octanol–water partition coefficient (Wildman–Crippen LogP) is 3.70. The van der Waals surface area contributed by atoms with Gasteiger partial charge in [-0.25, -0.2) is 0 Å². The zero-order valence-corrected chi connectivity index (χ0v) is 15.9. The van der Waals surface area contributed by atoms with E-state index in [2.05, 4.69) is 36.5 Å². The molecule has 1 amide bonds. The molecule has 0 spiro atoms. The van der Waals surface area contributed by atoms with Crippen molar-refractivity contribution in [3.63, 3.8) is 0 Å². The van der Waals surface area contributed by atoms with Crippen LogP contribution in [0.5, 0.6) is 0 Å². The number of benzene rings is 2. The van der Waals surface area contributed by atoms with Crippen LogP contribution < -0.4 is 11.1 Å². The number of amides is 1. The molecule has 3 unspecified atom stereocenters. The molecule has 140 valence electrons. The van der Waals surface area contributed by atoms with Gasteiger partial charge in [0.2, 0.25) is 5.91 Å². The van der Waals surface area contributed by atoms with E-state index >= 15 is 0 Å². The minimum Gasteiger partial charge on any atom is -0.373 e. The van der Waals surface area contributed by atoms with Crippen LogP contribution in [0, 0.1) is 12.8 Å². The monoisotopic (exact) mass is 374 g/mol. The molecule has 1 saturated heterocycles. The van der Waals surface area contributed by atoms with Gasteiger partial charge in [0.15, 0.2) is 0 Å². The SMILES string of the molecule is Cc1ccc(C2OCCCC2CNC(=O)C(N)c2ccccc2)cc1.Cl. The van der Waals surface area contributed by atoms with Gasteiger partial charge in [0.25, 0.3) is 0 Å². The second kappa shape index (κ2) is 9.72. The van der Waals surface area contributed by atoms with Crippen LogP contribution in [0.2, 0.25) is 0 Å². The molecule has 2 aromatic rings. The van der Waals surface area contributed by atoms with Crippen molar-refractivity contribution in [3.05, 3.63) is 71.3 Å². The maximum absolute atomic E-state index is 12.4. The summed E-state index contributed by atoms with van der Waals surface area (Å²) in [5.74, 6) is 0.128.